The molecule has 0 saturated carbocycles. The van der Waals surface area contributed by atoms with Crippen LogP contribution in [0.5, 0.6) is 5.75 Å². The number of nitrogens with one attached hydrogen (secondary N) is 1. The number of nitro benzene ring substituents is 1. The molecule has 1 N–H and O–H groups in total. The van der Waals surface area contributed by atoms with Crippen molar-refractivity contribution in [2.24, 2.45) is 0 Å². The molecule has 0 atom stereocenters. The van der Waals surface area contributed by atoms with Crippen LogP contribution in [0, 0.1) is 10.1 Å². The van der Waals surface area contributed by atoms with E-state index in [-0.39, 0.29) is 29.5 Å². The first-order valence-electron chi connectivity index (χ1n) is 5.71. The normalized spacial score (nSPS) is 9.74. The number of ether oxygens (including phenoxy) is 1. The molecule has 0 spiro atoms. The minimum Gasteiger partial charge on any atom is -0.477 e. The Morgan fingerprint density at radius 3 is 2.84 bits per heavy atom. The molecule has 0 fully saturated rings. The number of amides is 1. The molecule has 7 heteroatoms. The predicted molar refractivity (Wildman–Crippen MR) is 67.3 cm³/mol. The number of benzene rings is 1. The molecule has 0 saturated heterocycles. The summed E-state index contributed by atoms with van der Waals surface area (Å²) in [5, 5.41) is 13.4. The Balaban J connectivity index is 2.75. The second-order valence-corrected chi connectivity index (χ2v) is 3.74. The second-order valence-electron chi connectivity index (χ2n) is 3.74. The third-order valence-corrected chi connectivity index (χ3v) is 2.25. The molecule has 7 nitrogen and oxygen atoms in total. The van der Waals surface area contributed by atoms with E-state index in [0.29, 0.717) is 12.8 Å². The lowest BCUT2D eigenvalue weighted by Gasteiger charge is -2.07. The minimum atomic E-state index is -0.660. The van der Waals surface area contributed by atoms with E-state index in [1.54, 1.807) is 0 Å². The summed E-state index contributed by atoms with van der Waals surface area (Å²) in [4.78, 5) is 32.0. The number of carbonyl (C=O) groups is 2. The van der Waals surface area contributed by atoms with Gasteiger partial charge in [0, 0.05) is 18.2 Å². The van der Waals surface area contributed by atoms with E-state index < -0.39 is 4.92 Å². The number of nitro groups is 1. The number of carbonyl (C=O) groups excluding carboxylic acids is 2. The highest BCUT2D eigenvalue weighted by Gasteiger charge is 2.16. The van der Waals surface area contributed by atoms with Crippen LogP contribution in [0.4, 0.5) is 5.69 Å². The Bertz CT molecular complexity index is 487. The molecule has 102 valence electrons. The molecule has 0 heterocycles. The van der Waals surface area contributed by atoms with Gasteiger partial charge in [0.1, 0.15) is 6.29 Å². The van der Waals surface area contributed by atoms with Gasteiger partial charge in [0.05, 0.1) is 4.92 Å². The average molecular weight is 266 g/mol. The Labute approximate surface area is 109 Å². The highest BCUT2D eigenvalue weighted by atomic mass is 16.6. The van der Waals surface area contributed by atoms with Gasteiger partial charge >= 0.3 is 5.69 Å². The molecule has 19 heavy (non-hydrogen) atoms. The summed E-state index contributed by atoms with van der Waals surface area (Å²) in [7, 11) is 0. The highest BCUT2D eigenvalue weighted by molar-refractivity contribution is 5.78. The van der Waals surface area contributed by atoms with Crippen molar-refractivity contribution in [2.75, 3.05) is 13.2 Å². The van der Waals surface area contributed by atoms with E-state index in [1.165, 1.54) is 12.1 Å². The second kappa shape index (κ2) is 7.10. The molecule has 1 aromatic rings. The fourth-order valence-corrected chi connectivity index (χ4v) is 1.33. The zero-order valence-corrected chi connectivity index (χ0v) is 10.4. The summed E-state index contributed by atoms with van der Waals surface area (Å²) in [6, 6.07) is 3.79. The van der Waals surface area contributed by atoms with Gasteiger partial charge in [0.25, 0.3) is 5.91 Å². The van der Waals surface area contributed by atoms with Crippen LogP contribution in [0.3, 0.4) is 0 Å². The summed E-state index contributed by atoms with van der Waals surface area (Å²) in [5.41, 5.74) is -0.164. The number of hydrogen-bond donors (Lipinski definition) is 1. The van der Waals surface area contributed by atoms with Crippen LogP contribution in [0.1, 0.15) is 23.7 Å². The van der Waals surface area contributed by atoms with Gasteiger partial charge in [-0.3, -0.25) is 19.7 Å². The monoisotopic (exact) mass is 266 g/mol. The molecule has 0 bridgehead atoms. The molecule has 0 aliphatic heterocycles. The number of aldehydes is 1. The van der Waals surface area contributed by atoms with Crippen LogP contribution in [0.15, 0.2) is 18.2 Å². The van der Waals surface area contributed by atoms with E-state index in [4.69, 9.17) is 4.74 Å². The fourth-order valence-electron chi connectivity index (χ4n) is 1.33. The summed E-state index contributed by atoms with van der Waals surface area (Å²) < 4.78 is 5.09. The predicted octanol–water partition coefficient (Wildman–Crippen LogP) is 1.31. The van der Waals surface area contributed by atoms with Crippen LogP contribution >= 0.6 is 0 Å². The lowest BCUT2D eigenvalue weighted by molar-refractivity contribution is -0.385. The lowest BCUT2D eigenvalue weighted by atomic mass is 10.2. The highest BCUT2D eigenvalue weighted by Crippen LogP contribution is 2.27. The first-order valence-corrected chi connectivity index (χ1v) is 5.71. The maximum absolute atomic E-state index is 11.3. The van der Waals surface area contributed by atoms with Crippen molar-refractivity contribution in [3.8, 4) is 5.75 Å². The van der Waals surface area contributed by atoms with Crippen molar-refractivity contribution in [2.45, 2.75) is 13.3 Å². The van der Waals surface area contributed by atoms with Crippen molar-refractivity contribution in [1.29, 1.82) is 0 Å². The molecular formula is C12H14N2O5. The molecule has 0 aliphatic rings. The third-order valence-electron chi connectivity index (χ3n) is 2.25. The quantitative estimate of drug-likeness (QED) is 0.455. The van der Waals surface area contributed by atoms with Gasteiger partial charge in [-0.25, -0.2) is 0 Å². The van der Waals surface area contributed by atoms with Gasteiger partial charge in [-0.15, -0.1) is 0 Å². The molecule has 1 aromatic carbocycles. The van der Waals surface area contributed by atoms with Gasteiger partial charge < -0.3 is 10.1 Å². The molecule has 0 radical (unpaired) electrons. The first-order chi connectivity index (χ1) is 9.08. The molecule has 1 rings (SSSR count). The maximum Gasteiger partial charge on any atom is 0.311 e. The van der Waals surface area contributed by atoms with Crippen LogP contribution in [-0.4, -0.2) is 30.3 Å². The van der Waals surface area contributed by atoms with E-state index in [9.17, 15) is 19.7 Å². The maximum atomic E-state index is 11.3. The smallest absolute Gasteiger partial charge is 0.311 e. The number of hydrogen-bond acceptors (Lipinski definition) is 5. The lowest BCUT2D eigenvalue weighted by Crippen LogP contribution is -2.29. The van der Waals surface area contributed by atoms with Crippen LogP contribution < -0.4 is 10.1 Å². The summed E-state index contributed by atoms with van der Waals surface area (Å²) in [5.74, 6) is -0.391. The van der Waals surface area contributed by atoms with Crippen LogP contribution in [0.25, 0.3) is 0 Å². The Morgan fingerprint density at radius 2 is 2.26 bits per heavy atom. The number of nitrogens with zero attached hydrogens (tertiary/aromatic N) is 1. The van der Waals surface area contributed by atoms with Gasteiger partial charge in [-0.05, 0) is 18.6 Å². The van der Waals surface area contributed by atoms with Crippen LogP contribution in [0.2, 0.25) is 0 Å². The standard InChI is InChI=1S/C12H14N2O5/c1-2-5-13-12(16)8-19-11-4-3-9(7-15)6-10(11)14(17)18/h3-4,6-7H,2,5,8H2,1H3,(H,13,16). The summed E-state index contributed by atoms with van der Waals surface area (Å²) >= 11 is 0. The Kier molecular flexibility index (Phi) is 5.46. The van der Waals surface area contributed by atoms with Crippen molar-refractivity contribution >= 4 is 17.9 Å². The van der Waals surface area contributed by atoms with E-state index >= 15 is 0 Å². The van der Waals surface area contributed by atoms with E-state index in [2.05, 4.69) is 5.32 Å². The summed E-state index contributed by atoms with van der Waals surface area (Å²) in [6.45, 7) is 2.12. The Morgan fingerprint density at radius 1 is 1.53 bits per heavy atom. The van der Waals surface area contributed by atoms with Crippen molar-refractivity contribution in [3.63, 3.8) is 0 Å². The van der Waals surface area contributed by atoms with Crippen molar-refractivity contribution in [3.05, 3.63) is 33.9 Å². The average Bonchev–Trinajstić information content (AvgIpc) is 2.42. The topological polar surface area (TPSA) is 98.5 Å². The molecule has 0 unspecified atom stereocenters. The van der Waals surface area contributed by atoms with E-state index in [1.807, 2.05) is 6.92 Å². The van der Waals surface area contributed by atoms with Crippen molar-refractivity contribution < 1.29 is 19.2 Å². The molecule has 1 amide bonds. The van der Waals surface area contributed by atoms with Gasteiger partial charge in [0.15, 0.2) is 12.4 Å². The molecule has 0 aromatic heterocycles. The van der Waals surface area contributed by atoms with Gasteiger partial charge in [0.2, 0.25) is 0 Å². The number of rotatable bonds is 7. The molecular weight excluding hydrogens is 252 g/mol. The summed E-state index contributed by atoms with van der Waals surface area (Å²) in [6.07, 6.45) is 1.30. The molecule has 0 aliphatic carbocycles. The fraction of sp³-hybridized carbons (Fsp3) is 0.333. The van der Waals surface area contributed by atoms with Gasteiger partial charge in [-0.1, -0.05) is 6.92 Å². The third kappa shape index (κ3) is 4.38. The minimum absolute atomic E-state index is 0.0396. The largest absolute Gasteiger partial charge is 0.477 e. The first kappa shape index (κ1) is 14.6. The van der Waals surface area contributed by atoms with Gasteiger partial charge in [-0.2, -0.15) is 0 Å². The SMILES string of the molecule is CCCNC(=O)COc1ccc(C=O)cc1[N+](=O)[O-]. The Hall–Kier alpha value is -2.44. The van der Waals surface area contributed by atoms with Crippen molar-refractivity contribution in [1.82, 2.24) is 5.32 Å². The zero-order valence-electron chi connectivity index (χ0n) is 10.4. The zero-order chi connectivity index (χ0) is 14.3. The van der Waals surface area contributed by atoms with Crippen LogP contribution in [-0.2, 0) is 4.79 Å². The van der Waals surface area contributed by atoms with E-state index in [0.717, 1.165) is 12.5 Å².